The van der Waals surface area contributed by atoms with Gasteiger partial charge < -0.3 is 45.0 Å². The molecule has 0 aliphatic rings. The molecular weight excluding hydrogens is 394 g/mol. The van der Waals surface area contributed by atoms with Gasteiger partial charge in [-0.15, -0.1) is 0 Å². The lowest BCUT2D eigenvalue weighted by atomic mass is 10.1. The summed E-state index contributed by atoms with van der Waals surface area (Å²) in [4.78, 5) is 45.0. The second kappa shape index (κ2) is 10.4. The lowest BCUT2D eigenvalue weighted by Crippen LogP contribution is -2.69. The first-order chi connectivity index (χ1) is 13.5. The molecule has 29 heavy (non-hydrogen) atoms. The summed E-state index contributed by atoms with van der Waals surface area (Å²) in [5.41, 5.74) is 2.99. The minimum absolute atomic E-state index is 0.0138. The molecule has 0 saturated heterocycles. The summed E-state index contributed by atoms with van der Waals surface area (Å²) in [6.07, 6.45) is 1.22. The number of hydrogen-bond acceptors (Lipinski definition) is 10. The Kier molecular flexibility index (Phi) is 8.23. The van der Waals surface area contributed by atoms with Gasteiger partial charge in [0.2, 0.25) is 0 Å². The molecule has 2 heterocycles. The molecule has 1 unspecified atom stereocenters. The molecule has 0 aliphatic carbocycles. The Morgan fingerprint density at radius 3 is 2.38 bits per heavy atom. The van der Waals surface area contributed by atoms with Gasteiger partial charge in [-0.1, -0.05) is 0 Å². The van der Waals surface area contributed by atoms with Gasteiger partial charge in [-0.2, -0.15) is 0 Å². The minimum atomic E-state index is -1.41. The van der Waals surface area contributed by atoms with Crippen LogP contribution in [-0.4, -0.2) is 56.9 Å². The highest BCUT2D eigenvalue weighted by molar-refractivity contribution is 6.00. The number of rotatable bonds is 8. The van der Waals surface area contributed by atoms with E-state index < -0.39 is 42.2 Å². The predicted octanol–water partition coefficient (Wildman–Crippen LogP) is -3.51. The molecular formula is C16H16N3O10-. The van der Waals surface area contributed by atoms with Crippen LogP contribution >= 0.6 is 0 Å². The summed E-state index contributed by atoms with van der Waals surface area (Å²) in [7, 11) is 0. The third-order valence-corrected chi connectivity index (χ3v) is 3.30. The largest absolute Gasteiger partial charge is 0.546 e. The van der Waals surface area contributed by atoms with Crippen molar-refractivity contribution in [2.45, 2.75) is 19.4 Å². The molecule has 156 valence electrons. The standard InChI is InChI=1S/C9H12N2O6.C7H5NO4/c1-4-5(2-6(10)9(14)15)8(11-17-4)16-3-7(12)13;9-6(10)4-2-1-3-8-5(4)7(11)12/h6H,2-3,10H2,1H3,(H,12,13)(H,14,15);1-3H,(H,9,10)(H,11,12)/p-1. The maximum Gasteiger partial charge on any atom is 0.355 e. The molecule has 0 aliphatic heterocycles. The summed E-state index contributed by atoms with van der Waals surface area (Å²) in [5, 5.41) is 41.2. The second-order valence-electron chi connectivity index (χ2n) is 5.41. The highest BCUT2D eigenvalue weighted by Gasteiger charge is 2.20. The van der Waals surface area contributed by atoms with Crippen molar-refractivity contribution in [1.82, 2.24) is 10.1 Å². The molecule has 0 amide bonds. The van der Waals surface area contributed by atoms with Crippen molar-refractivity contribution >= 4 is 23.9 Å². The van der Waals surface area contributed by atoms with Crippen LogP contribution in [0.15, 0.2) is 22.9 Å². The first-order valence-electron chi connectivity index (χ1n) is 7.77. The number of nitrogens with zero attached hydrogens (tertiary/aromatic N) is 2. The van der Waals surface area contributed by atoms with E-state index in [1.807, 2.05) is 0 Å². The van der Waals surface area contributed by atoms with E-state index in [-0.39, 0.29) is 17.9 Å². The van der Waals surface area contributed by atoms with E-state index in [0.29, 0.717) is 11.3 Å². The predicted molar refractivity (Wildman–Crippen MR) is 85.3 cm³/mol. The van der Waals surface area contributed by atoms with Gasteiger partial charge in [0.05, 0.1) is 23.1 Å². The number of aromatic carboxylic acids is 2. The van der Waals surface area contributed by atoms with Gasteiger partial charge in [-0.25, -0.2) is 14.6 Å². The van der Waals surface area contributed by atoms with Gasteiger partial charge in [-0.3, -0.25) is 0 Å². The van der Waals surface area contributed by atoms with Crippen molar-refractivity contribution in [2.75, 3.05) is 6.61 Å². The van der Waals surface area contributed by atoms with E-state index in [1.165, 1.54) is 18.3 Å². The highest BCUT2D eigenvalue weighted by atomic mass is 16.5. The molecule has 0 bridgehead atoms. The van der Waals surface area contributed by atoms with E-state index >= 15 is 0 Å². The summed E-state index contributed by atoms with van der Waals surface area (Å²) in [6, 6.07) is 1.56. The first kappa shape index (κ1) is 23.0. The monoisotopic (exact) mass is 410 g/mol. The van der Waals surface area contributed by atoms with Gasteiger partial charge in [0.15, 0.2) is 5.69 Å². The van der Waals surface area contributed by atoms with Crippen molar-refractivity contribution in [1.29, 1.82) is 0 Å². The summed E-state index contributed by atoms with van der Waals surface area (Å²) in [6.45, 7) is 0.863. The number of carboxylic acids is 4. The molecule has 2 aromatic rings. The number of hydrogen-bond donors (Lipinski definition) is 3. The zero-order valence-electron chi connectivity index (χ0n) is 15.0. The summed E-state index contributed by atoms with van der Waals surface area (Å²) in [5.74, 6) is -5.09. The molecule has 13 nitrogen and oxygen atoms in total. The summed E-state index contributed by atoms with van der Waals surface area (Å²) >= 11 is 0. The number of aromatic nitrogens is 2. The Bertz CT molecular complexity index is 875. The Labute approximate surface area is 162 Å². The van der Waals surface area contributed by atoms with Crippen LogP contribution in [0.4, 0.5) is 0 Å². The number of carbonyl (C=O) groups excluding carboxylic acids is 2. The number of ether oxygens (including phenoxy) is 1. The number of aliphatic carboxylic acids is 2. The number of pyridine rings is 1. The van der Waals surface area contributed by atoms with E-state index in [9.17, 15) is 29.4 Å². The quantitative estimate of drug-likeness (QED) is 0.384. The molecule has 2 rings (SSSR count). The van der Waals surface area contributed by atoms with E-state index in [1.54, 1.807) is 6.92 Å². The fourth-order valence-corrected chi connectivity index (χ4v) is 1.92. The van der Waals surface area contributed by atoms with Crippen molar-refractivity contribution in [2.24, 2.45) is 0 Å². The topological polar surface area (TPSA) is 231 Å². The Balaban J connectivity index is 0.000000308. The highest BCUT2D eigenvalue weighted by Crippen LogP contribution is 2.21. The van der Waals surface area contributed by atoms with Crippen molar-refractivity contribution < 1.29 is 54.6 Å². The van der Waals surface area contributed by atoms with Gasteiger partial charge in [0.1, 0.15) is 18.4 Å². The lowest BCUT2D eigenvalue weighted by Gasteiger charge is -2.10. The molecule has 0 spiro atoms. The third-order valence-electron chi connectivity index (χ3n) is 3.30. The van der Waals surface area contributed by atoms with E-state index in [2.05, 4.69) is 15.9 Å². The van der Waals surface area contributed by atoms with Crippen LogP contribution in [0.2, 0.25) is 0 Å². The second-order valence-corrected chi connectivity index (χ2v) is 5.41. The summed E-state index contributed by atoms with van der Waals surface area (Å²) < 4.78 is 9.57. The van der Waals surface area contributed by atoms with Crippen LogP contribution in [0.3, 0.4) is 0 Å². The molecule has 0 aromatic carbocycles. The van der Waals surface area contributed by atoms with Gasteiger partial charge in [-0.05, 0) is 24.2 Å². The lowest BCUT2D eigenvalue weighted by molar-refractivity contribution is -0.437. The maximum absolute atomic E-state index is 10.5. The van der Waals surface area contributed by atoms with Crippen molar-refractivity contribution in [3.05, 3.63) is 40.9 Å². The molecule has 0 fully saturated rings. The Morgan fingerprint density at radius 2 is 1.90 bits per heavy atom. The Morgan fingerprint density at radius 1 is 1.24 bits per heavy atom. The average molecular weight is 410 g/mol. The van der Waals surface area contributed by atoms with Crippen molar-refractivity contribution in [3.8, 4) is 5.88 Å². The normalized spacial score (nSPS) is 11.0. The molecule has 1 atom stereocenters. The molecule has 13 heteroatoms. The van der Waals surface area contributed by atoms with Crippen LogP contribution < -0.4 is 20.7 Å². The third kappa shape index (κ3) is 6.91. The van der Waals surface area contributed by atoms with E-state index in [4.69, 9.17) is 19.5 Å². The number of aryl methyl sites for hydroxylation is 1. The van der Waals surface area contributed by atoms with Gasteiger partial charge in [0, 0.05) is 12.6 Å². The number of carboxylic acid groups (broad SMARTS) is 4. The molecule has 5 N–H and O–H groups in total. The van der Waals surface area contributed by atoms with Crippen LogP contribution in [-0.2, 0) is 16.0 Å². The van der Waals surface area contributed by atoms with E-state index in [0.717, 1.165) is 0 Å². The molecule has 0 radical (unpaired) electrons. The number of carbonyl (C=O) groups is 4. The SMILES string of the molecule is Cc1onc(OCC(=O)[O-])c1CC([NH3+])C(=O)[O-].O=C(O)c1cccnc1C(=O)O. The Hall–Kier alpha value is -4.00. The molecule has 0 saturated carbocycles. The van der Waals surface area contributed by atoms with Crippen LogP contribution in [0.1, 0.15) is 32.2 Å². The fraction of sp³-hybridized carbons (Fsp3) is 0.250. The van der Waals surface area contributed by atoms with Gasteiger partial charge in [0.25, 0.3) is 5.88 Å². The van der Waals surface area contributed by atoms with Crippen LogP contribution in [0.25, 0.3) is 0 Å². The van der Waals surface area contributed by atoms with Crippen LogP contribution in [0, 0.1) is 6.92 Å². The smallest absolute Gasteiger partial charge is 0.355 e. The fourth-order valence-electron chi connectivity index (χ4n) is 1.92. The number of quaternary nitrogens is 1. The minimum Gasteiger partial charge on any atom is -0.546 e. The average Bonchev–Trinajstić information content (AvgIpc) is 3.00. The molecule has 2 aromatic heterocycles. The van der Waals surface area contributed by atoms with Gasteiger partial charge >= 0.3 is 11.9 Å². The first-order valence-corrected chi connectivity index (χ1v) is 7.77. The van der Waals surface area contributed by atoms with Crippen LogP contribution in [0.5, 0.6) is 5.88 Å². The zero-order valence-corrected chi connectivity index (χ0v) is 15.0. The maximum atomic E-state index is 10.5. The zero-order chi connectivity index (χ0) is 22.1. The van der Waals surface area contributed by atoms with Crippen molar-refractivity contribution in [3.63, 3.8) is 0 Å².